The van der Waals surface area contributed by atoms with Gasteiger partial charge in [0.25, 0.3) is 11.8 Å². The van der Waals surface area contributed by atoms with Crippen molar-refractivity contribution in [3.05, 3.63) is 105 Å². The van der Waals surface area contributed by atoms with Crippen LogP contribution in [0.4, 0.5) is 0 Å². The maximum absolute atomic E-state index is 14.8. The minimum absolute atomic E-state index is 0.00748. The van der Waals surface area contributed by atoms with Crippen LogP contribution in [0.3, 0.4) is 0 Å². The van der Waals surface area contributed by atoms with E-state index in [4.69, 9.17) is 33.7 Å². The standard InChI is InChI=1S/C44H50Cl2N6O10/c1-2-12-33(38(54)42(58)48-22-35(53)50-36(39(47)55)26-15-8-4-9-16-26)49-41(57)34-19-28(62-24-25-13-6-3-7-14-25)23-52(34)43(59)37(27-17-10-5-11-18-27)51-40(56)29-20-31(45)32(46)21-30(29)44(60)61/h3-4,6-9,13-16,20-21,27-28,33-34,36-37H,2,5,10-12,17-19,22-24H2,1H3,(H2,47,55)(H,48,58)(H,49,57)(H,50,53)(H,51,56)(H,60,61)/t28-,33?,34+,36?,37?/m1/s1. The summed E-state index contributed by atoms with van der Waals surface area (Å²) < 4.78 is 6.20. The van der Waals surface area contributed by atoms with Crippen molar-refractivity contribution < 1.29 is 48.2 Å². The van der Waals surface area contributed by atoms with Crippen molar-refractivity contribution in [2.24, 2.45) is 11.7 Å². The highest BCUT2D eigenvalue weighted by molar-refractivity contribution is 6.42. The number of nitrogens with one attached hydrogen (secondary N) is 4. The number of carboxylic acid groups (broad SMARTS) is 1. The van der Waals surface area contributed by atoms with Crippen LogP contribution < -0.4 is 27.0 Å². The van der Waals surface area contributed by atoms with Crippen LogP contribution in [0.2, 0.25) is 10.0 Å². The summed E-state index contributed by atoms with van der Waals surface area (Å²) in [5, 5.41) is 19.8. The van der Waals surface area contributed by atoms with E-state index in [1.165, 1.54) is 4.90 Å². The number of amides is 6. The van der Waals surface area contributed by atoms with Gasteiger partial charge in [-0.05, 0) is 48.4 Å². The van der Waals surface area contributed by atoms with Gasteiger partial charge in [0.2, 0.25) is 29.4 Å². The van der Waals surface area contributed by atoms with Crippen LogP contribution in [0.5, 0.6) is 0 Å². The quantitative estimate of drug-likeness (QED) is 0.0950. The molecule has 5 atom stereocenters. The highest BCUT2D eigenvalue weighted by atomic mass is 35.5. The zero-order valence-corrected chi connectivity index (χ0v) is 35.6. The number of benzene rings is 3. The maximum Gasteiger partial charge on any atom is 0.336 e. The lowest BCUT2D eigenvalue weighted by atomic mass is 9.83. The third kappa shape index (κ3) is 12.4. The number of primary amides is 1. The second-order valence-electron chi connectivity index (χ2n) is 15.3. The molecule has 3 aromatic carbocycles. The summed E-state index contributed by atoms with van der Waals surface area (Å²) in [5.74, 6) is -7.88. The number of aromatic carboxylic acids is 1. The van der Waals surface area contributed by atoms with Gasteiger partial charge in [0, 0.05) is 13.0 Å². The number of carbonyl (C=O) groups is 8. The van der Waals surface area contributed by atoms with Gasteiger partial charge in [-0.15, -0.1) is 0 Å². The van der Waals surface area contributed by atoms with Gasteiger partial charge < -0.3 is 41.7 Å². The molecule has 3 aromatic rings. The molecule has 0 bridgehead atoms. The number of likely N-dealkylation sites (tertiary alicyclic amines) is 1. The monoisotopic (exact) mass is 892 g/mol. The summed E-state index contributed by atoms with van der Waals surface area (Å²) in [6, 6.07) is 14.7. The van der Waals surface area contributed by atoms with Crippen LogP contribution in [-0.2, 0) is 40.1 Å². The van der Waals surface area contributed by atoms with E-state index >= 15 is 0 Å². The minimum atomic E-state index is -1.43. The summed E-state index contributed by atoms with van der Waals surface area (Å²) in [7, 11) is 0. The molecule has 0 spiro atoms. The maximum atomic E-state index is 14.8. The normalized spacial score (nSPS) is 17.8. The summed E-state index contributed by atoms with van der Waals surface area (Å²) in [5.41, 5.74) is 6.02. The Hall–Kier alpha value is -5.84. The van der Waals surface area contributed by atoms with Gasteiger partial charge in [-0.25, -0.2) is 4.79 Å². The fourth-order valence-corrected chi connectivity index (χ4v) is 8.09. The second kappa shape index (κ2) is 22.3. The number of ether oxygens (including phenoxy) is 1. The van der Waals surface area contributed by atoms with E-state index in [2.05, 4.69) is 21.3 Å². The Morgan fingerprint density at radius 1 is 0.855 bits per heavy atom. The topological polar surface area (TPSA) is 243 Å². The van der Waals surface area contributed by atoms with Crippen molar-refractivity contribution >= 4 is 70.4 Å². The van der Waals surface area contributed by atoms with Gasteiger partial charge in [-0.3, -0.25) is 33.6 Å². The van der Waals surface area contributed by atoms with Crippen molar-refractivity contribution in [3.63, 3.8) is 0 Å². The van der Waals surface area contributed by atoms with Gasteiger partial charge in [-0.1, -0.05) is 116 Å². The van der Waals surface area contributed by atoms with Gasteiger partial charge in [0.15, 0.2) is 0 Å². The van der Waals surface area contributed by atoms with Crippen molar-refractivity contribution in [2.45, 2.75) is 95.2 Å². The number of hydrogen-bond donors (Lipinski definition) is 6. The number of carboxylic acids is 1. The predicted octanol–water partition coefficient (Wildman–Crippen LogP) is 3.87. The average Bonchev–Trinajstić information content (AvgIpc) is 3.71. The first kappa shape index (κ1) is 47.2. The lowest BCUT2D eigenvalue weighted by Gasteiger charge is -2.35. The SMILES string of the molecule is CCCC(NC(=O)[C@@H]1C[C@@H](OCc2ccccc2)CN1C(=O)C(NC(=O)c1cc(Cl)c(Cl)cc1C(=O)O)C1CCCCC1)C(=O)C(=O)NCC(=O)NC(C(N)=O)c1ccccc1. The van der Waals surface area contributed by atoms with Gasteiger partial charge in [0.1, 0.15) is 18.1 Å². The lowest BCUT2D eigenvalue weighted by Crippen LogP contribution is -2.58. The van der Waals surface area contributed by atoms with E-state index in [9.17, 15) is 43.5 Å². The first-order valence-corrected chi connectivity index (χ1v) is 21.2. The van der Waals surface area contributed by atoms with Crippen molar-refractivity contribution in [1.29, 1.82) is 0 Å². The fraction of sp³-hybridized carbons (Fsp3) is 0.409. The predicted molar refractivity (Wildman–Crippen MR) is 228 cm³/mol. The Kier molecular flexibility index (Phi) is 17.0. The molecule has 1 saturated carbocycles. The molecule has 18 heteroatoms. The molecule has 1 heterocycles. The van der Waals surface area contributed by atoms with Gasteiger partial charge in [0.05, 0.1) is 46.5 Å². The van der Waals surface area contributed by atoms with Gasteiger partial charge in [-0.2, -0.15) is 0 Å². The third-order valence-corrected chi connectivity index (χ3v) is 11.7. The minimum Gasteiger partial charge on any atom is -0.478 e. The smallest absolute Gasteiger partial charge is 0.336 e. The number of nitrogens with zero attached hydrogens (tertiary/aromatic N) is 1. The summed E-state index contributed by atoms with van der Waals surface area (Å²) in [6.07, 6.45) is 3.34. The molecule has 2 aliphatic rings. The molecule has 2 fully saturated rings. The van der Waals surface area contributed by atoms with Crippen molar-refractivity contribution in [3.8, 4) is 0 Å². The molecule has 3 unspecified atom stereocenters. The average molecular weight is 894 g/mol. The zero-order valence-electron chi connectivity index (χ0n) is 34.1. The molecule has 1 aliphatic heterocycles. The van der Waals surface area contributed by atoms with Crippen LogP contribution in [0.1, 0.15) is 96.2 Å². The molecule has 7 N–H and O–H groups in total. The Balaban J connectivity index is 1.35. The number of halogens is 2. The Labute approximate surface area is 368 Å². The number of hydrogen-bond acceptors (Lipinski definition) is 9. The summed E-state index contributed by atoms with van der Waals surface area (Å²) >= 11 is 12.3. The molecule has 0 aromatic heterocycles. The molecule has 5 rings (SSSR count). The van der Waals surface area contributed by atoms with Crippen LogP contribution in [0.25, 0.3) is 0 Å². The van der Waals surface area contributed by atoms with Crippen molar-refractivity contribution in [1.82, 2.24) is 26.2 Å². The highest BCUT2D eigenvalue weighted by Gasteiger charge is 2.45. The summed E-state index contributed by atoms with van der Waals surface area (Å²) in [4.78, 5) is 108. The molecule has 16 nitrogen and oxygen atoms in total. The number of carbonyl (C=O) groups excluding carboxylic acids is 7. The Bertz CT molecular complexity index is 2140. The van der Waals surface area contributed by atoms with Crippen LogP contribution in [0, 0.1) is 5.92 Å². The molecule has 1 aliphatic carbocycles. The van der Waals surface area contributed by atoms with Gasteiger partial charge >= 0.3 is 5.97 Å². The Morgan fingerprint density at radius 2 is 1.48 bits per heavy atom. The Morgan fingerprint density at radius 3 is 2.10 bits per heavy atom. The third-order valence-electron chi connectivity index (χ3n) is 11.0. The lowest BCUT2D eigenvalue weighted by molar-refractivity contribution is -0.143. The molecule has 6 amide bonds. The highest BCUT2D eigenvalue weighted by Crippen LogP contribution is 2.32. The molecular formula is C44H50Cl2N6O10. The van der Waals surface area contributed by atoms with E-state index in [0.29, 0.717) is 24.8 Å². The van der Waals surface area contributed by atoms with E-state index in [0.717, 1.165) is 37.0 Å². The second-order valence-corrected chi connectivity index (χ2v) is 16.2. The number of rotatable bonds is 19. The first-order chi connectivity index (χ1) is 29.7. The van der Waals surface area contributed by atoms with Crippen LogP contribution in [0.15, 0.2) is 72.8 Å². The number of nitrogens with two attached hydrogens (primary N) is 1. The zero-order chi connectivity index (χ0) is 44.9. The summed E-state index contributed by atoms with van der Waals surface area (Å²) in [6.45, 7) is 1.17. The van der Waals surface area contributed by atoms with E-state index in [1.807, 2.05) is 30.3 Å². The molecule has 1 saturated heterocycles. The molecule has 0 radical (unpaired) electrons. The molecule has 330 valence electrons. The fourth-order valence-electron chi connectivity index (χ4n) is 7.76. The first-order valence-electron chi connectivity index (χ1n) is 20.4. The van der Waals surface area contributed by atoms with E-state index in [-0.39, 0.29) is 47.5 Å². The van der Waals surface area contributed by atoms with E-state index in [1.54, 1.807) is 37.3 Å². The van der Waals surface area contributed by atoms with E-state index < -0.39 is 89.6 Å². The molecule has 62 heavy (non-hydrogen) atoms. The van der Waals surface area contributed by atoms with Crippen LogP contribution in [-0.4, -0.2) is 94.5 Å². The van der Waals surface area contributed by atoms with Crippen molar-refractivity contribution in [2.75, 3.05) is 13.1 Å². The van der Waals surface area contributed by atoms with Crippen LogP contribution >= 0.6 is 23.2 Å². The molecular weight excluding hydrogens is 843 g/mol. The largest absolute Gasteiger partial charge is 0.478 e. The number of Topliss-reactive ketones (excluding diaryl/α,β-unsaturated/α-hetero) is 1. The number of ketones is 1.